The third-order valence-corrected chi connectivity index (χ3v) is 4.46. The van der Waals surface area contributed by atoms with Crippen LogP contribution in [-0.2, 0) is 0 Å². The number of hydrogen-bond donors (Lipinski definition) is 1. The van der Waals surface area contributed by atoms with E-state index < -0.39 is 0 Å². The van der Waals surface area contributed by atoms with Crippen molar-refractivity contribution < 1.29 is 0 Å². The van der Waals surface area contributed by atoms with Crippen LogP contribution >= 0.6 is 0 Å². The van der Waals surface area contributed by atoms with Crippen molar-refractivity contribution in [3.05, 3.63) is 24.3 Å². The summed E-state index contributed by atoms with van der Waals surface area (Å²) in [5.41, 5.74) is 2.69. The van der Waals surface area contributed by atoms with Gasteiger partial charge < -0.3 is 15.1 Å². The Balaban J connectivity index is 2.22. The fraction of sp³-hybridized carbons (Fsp3) is 0.647. The van der Waals surface area contributed by atoms with E-state index in [1.807, 2.05) is 0 Å². The lowest BCUT2D eigenvalue weighted by Crippen LogP contribution is -2.42. The van der Waals surface area contributed by atoms with Gasteiger partial charge in [-0.3, -0.25) is 0 Å². The molecule has 1 N–H and O–H groups in total. The topological polar surface area (TPSA) is 18.5 Å². The van der Waals surface area contributed by atoms with Gasteiger partial charge in [-0.2, -0.15) is 0 Å². The zero-order chi connectivity index (χ0) is 14.5. The lowest BCUT2D eigenvalue weighted by Gasteiger charge is -2.32. The van der Waals surface area contributed by atoms with Crippen LogP contribution in [0.25, 0.3) is 0 Å². The minimum Gasteiger partial charge on any atom is -0.376 e. The molecule has 1 aliphatic heterocycles. The highest BCUT2D eigenvalue weighted by Gasteiger charge is 2.23. The molecule has 1 aliphatic rings. The molecule has 0 bridgehead atoms. The summed E-state index contributed by atoms with van der Waals surface area (Å²) in [7, 11) is 4.25. The van der Waals surface area contributed by atoms with Crippen LogP contribution in [0, 0.1) is 5.92 Å². The quantitative estimate of drug-likeness (QED) is 0.911. The van der Waals surface area contributed by atoms with E-state index >= 15 is 0 Å². The molecular weight excluding hydrogens is 246 g/mol. The maximum Gasteiger partial charge on any atom is 0.0604 e. The molecule has 1 fully saturated rings. The van der Waals surface area contributed by atoms with Crippen LogP contribution in [0.1, 0.15) is 26.7 Å². The summed E-state index contributed by atoms with van der Waals surface area (Å²) in [5.74, 6) is 0.724. The molecule has 1 aromatic rings. The molecule has 3 heteroatoms. The molecule has 1 heterocycles. The van der Waals surface area contributed by atoms with Crippen LogP contribution in [0.3, 0.4) is 0 Å². The fourth-order valence-electron chi connectivity index (χ4n) is 2.94. The lowest BCUT2D eigenvalue weighted by atomic mass is 9.98. The van der Waals surface area contributed by atoms with Crippen LogP contribution in [0.15, 0.2) is 24.3 Å². The Morgan fingerprint density at radius 2 is 2.10 bits per heavy atom. The molecule has 0 aromatic heterocycles. The number of benzene rings is 1. The van der Waals surface area contributed by atoms with Crippen molar-refractivity contribution in [2.75, 3.05) is 43.5 Å². The molecule has 3 nitrogen and oxygen atoms in total. The monoisotopic (exact) mass is 275 g/mol. The Morgan fingerprint density at radius 3 is 2.80 bits per heavy atom. The second kappa shape index (κ2) is 6.98. The molecule has 2 unspecified atom stereocenters. The molecule has 2 rings (SSSR count). The van der Waals surface area contributed by atoms with Gasteiger partial charge in [-0.1, -0.05) is 32.4 Å². The minimum atomic E-state index is 0.595. The van der Waals surface area contributed by atoms with E-state index in [1.54, 1.807) is 0 Å². The molecule has 0 spiro atoms. The molecular formula is C17H29N3. The smallest absolute Gasteiger partial charge is 0.0604 e. The van der Waals surface area contributed by atoms with E-state index in [4.69, 9.17) is 0 Å². The van der Waals surface area contributed by atoms with E-state index in [9.17, 15) is 0 Å². The van der Waals surface area contributed by atoms with Gasteiger partial charge in [-0.05, 0) is 31.0 Å². The number of nitrogens with one attached hydrogen (secondary N) is 1. The summed E-state index contributed by atoms with van der Waals surface area (Å²) in [5, 5.41) is 3.73. The van der Waals surface area contributed by atoms with Crippen LogP contribution in [0.2, 0.25) is 0 Å². The summed E-state index contributed by atoms with van der Waals surface area (Å²) in [4.78, 5) is 4.78. The highest BCUT2D eigenvalue weighted by Crippen LogP contribution is 2.29. The molecule has 0 aliphatic carbocycles. The Morgan fingerprint density at radius 1 is 1.35 bits per heavy atom. The van der Waals surface area contributed by atoms with E-state index in [0.29, 0.717) is 6.04 Å². The Labute approximate surface area is 124 Å². The van der Waals surface area contributed by atoms with Crippen LogP contribution in [0.4, 0.5) is 11.4 Å². The number of anilines is 2. The Kier molecular flexibility index (Phi) is 5.30. The maximum atomic E-state index is 3.73. The Hall–Kier alpha value is -1.22. The van der Waals surface area contributed by atoms with E-state index in [2.05, 4.69) is 67.3 Å². The van der Waals surface area contributed by atoms with Crippen molar-refractivity contribution in [3.8, 4) is 0 Å². The molecule has 0 amide bonds. The van der Waals surface area contributed by atoms with Gasteiger partial charge >= 0.3 is 0 Å². The summed E-state index contributed by atoms with van der Waals surface area (Å²) < 4.78 is 0. The molecule has 1 aromatic carbocycles. The van der Waals surface area contributed by atoms with E-state index in [1.165, 1.54) is 24.2 Å². The van der Waals surface area contributed by atoms with Crippen molar-refractivity contribution in [1.29, 1.82) is 0 Å². The van der Waals surface area contributed by atoms with Crippen molar-refractivity contribution >= 4 is 11.4 Å². The molecule has 112 valence electrons. The summed E-state index contributed by atoms with van der Waals surface area (Å²) in [6.07, 6.45) is 2.45. The first-order chi connectivity index (χ1) is 9.63. The fourth-order valence-corrected chi connectivity index (χ4v) is 2.94. The van der Waals surface area contributed by atoms with E-state index in [-0.39, 0.29) is 0 Å². The molecule has 0 radical (unpaired) electrons. The first-order valence-corrected chi connectivity index (χ1v) is 7.88. The normalized spacial score (nSPS) is 21.4. The van der Waals surface area contributed by atoms with Gasteiger partial charge in [0.1, 0.15) is 0 Å². The number of para-hydroxylation sites is 2. The summed E-state index contributed by atoms with van der Waals surface area (Å²) >= 11 is 0. The third-order valence-electron chi connectivity index (χ3n) is 4.46. The van der Waals surface area contributed by atoms with Gasteiger partial charge in [0, 0.05) is 33.2 Å². The second-order valence-electron chi connectivity index (χ2n) is 6.13. The highest BCUT2D eigenvalue weighted by molar-refractivity contribution is 5.70. The molecule has 20 heavy (non-hydrogen) atoms. The predicted molar refractivity (Wildman–Crippen MR) is 88.8 cm³/mol. The average molecular weight is 275 g/mol. The highest BCUT2D eigenvalue weighted by atomic mass is 15.2. The summed E-state index contributed by atoms with van der Waals surface area (Å²) in [6.45, 7) is 8.04. The van der Waals surface area contributed by atoms with E-state index in [0.717, 1.165) is 25.6 Å². The van der Waals surface area contributed by atoms with Gasteiger partial charge in [-0.25, -0.2) is 0 Å². The SMILES string of the molecule is CCC(C)C1CN(c2ccccc2N(C)C)CCCN1. The number of hydrogen-bond acceptors (Lipinski definition) is 3. The zero-order valence-electron chi connectivity index (χ0n) is 13.4. The molecule has 0 saturated carbocycles. The van der Waals surface area contributed by atoms with Gasteiger partial charge in [0.2, 0.25) is 0 Å². The first-order valence-electron chi connectivity index (χ1n) is 7.88. The summed E-state index contributed by atoms with van der Waals surface area (Å²) in [6, 6.07) is 9.35. The largest absolute Gasteiger partial charge is 0.376 e. The lowest BCUT2D eigenvalue weighted by molar-refractivity contribution is 0.384. The van der Waals surface area contributed by atoms with Gasteiger partial charge in [0.05, 0.1) is 11.4 Å². The van der Waals surface area contributed by atoms with Gasteiger partial charge in [0.25, 0.3) is 0 Å². The number of rotatable bonds is 4. The molecule has 2 atom stereocenters. The molecule has 1 saturated heterocycles. The zero-order valence-corrected chi connectivity index (χ0v) is 13.4. The Bertz CT molecular complexity index is 416. The van der Waals surface area contributed by atoms with Gasteiger partial charge in [-0.15, -0.1) is 0 Å². The van der Waals surface area contributed by atoms with Crippen molar-refractivity contribution in [3.63, 3.8) is 0 Å². The first kappa shape index (κ1) is 15.2. The standard InChI is InChI=1S/C17H29N3/c1-5-14(2)15-13-20(12-8-11-18-15)17-10-7-6-9-16(17)19(3)4/h6-7,9-10,14-15,18H,5,8,11-13H2,1-4H3. The van der Waals surface area contributed by atoms with Crippen molar-refractivity contribution in [2.45, 2.75) is 32.7 Å². The third kappa shape index (κ3) is 3.45. The predicted octanol–water partition coefficient (Wildman–Crippen LogP) is 2.97. The van der Waals surface area contributed by atoms with Crippen LogP contribution < -0.4 is 15.1 Å². The second-order valence-corrected chi connectivity index (χ2v) is 6.13. The van der Waals surface area contributed by atoms with Crippen LogP contribution in [0.5, 0.6) is 0 Å². The number of nitrogens with zero attached hydrogens (tertiary/aromatic N) is 2. The maximum absolute atomic E-state index is 3.73. The minimum absolute atomic E-state index is 0.595. The van der Waals surface area contributed by atoms with Crippen LogP contribution in [-0.4, -0.2) is 39.8 Å². The van der Waals surface area contributed by atoms with Crippen molar-refractivity contribution in [1.82, 2.24) is 5.32 Å². The van der Waals surface area contributed by atoms with Crippen molar-refractivity contribution in [2.24, 2.45) is 5.92 Å². The van der Waals surface area contributed by atoms with Gasteiger partial charge in [0.15, 0.2) is 0 Å². The average Bonchev–Trinajstić information content (AvgIpc) is 2.72.